The maximum Gasteiger partial charge on any atom is 0.339 e. The zero-order valence-electron chi connectivity index (χ0n) is 14.5. The third kappa shape index (κ3) is 3.32. The van der Waals surface area contributed by atoms with Gasteiger partial charge in [-0.05, 0) is 31.5 Å². The van der Waals surface area contributed by atoms with E-state index in [0.717, 1.165) is 0 Å². The van der Waals surface area contributed by atoms with Gasteiger partial charge in [-0.15, -0.1) is 0 Å². The summed E-state index contributed by atoms with van der Waals surface area (Å²) in [5.41, 5.74) is 6.39. The third-order valence-corrected chi connectivity index (χ3v) is 3.89. The van der Waals surface area contributed by atoms with E-state index in [-0.39, 0.29) is 40.7 Å². The molecular weight excluding hydrogens is 340 g/mol. The molecule has 1 aromatic rings. The number of aromatic carboxylic acids is 1. The van der Waals surface area contributed by atoms with Crippen LogP contribution < -0.4 is 10.5 Å². The van der Waals surface area contributed by atoms with Crippen molar-refractivity contribution >= 4 is 11.9 Å². The van der Waals surface area contributed by atoms with Crippen molar-refractivity contribution < 1.29 is 28.9 Å². The quantitative estimate of drug-likeness (QED) is 0.764. The van der Waals surface area contributed by atoms with Crippen LogP contribution in [0.15, 0.2) is 41.0 Å². The van der Waals surface area contributed by atoms with E-state index in [1.54, 1.807) is 13.8 Å². The van der Waals surface area contributed by atoms with Gasteiger partial charge in [0.25, 0.3) is 0 Å². The van der Waals surface area contributed by atoms with E-state index in [9.17, 15) is 20.0 Å². The second-order valence-corrected chi connectivity index (χ2v) is 5.38. The first kappa shape index (κ1) is 18.9. The van der Waals surface area contributed by atoms with Crippen LogP contribution in [-0.2, 0) is 14.3 Å². The Bertz CT molecular complexity index is 863. The van der Waals surface area contributed by atoms with Gasteiger partial charge in [-0.3, -0.25) is 0 Å². The molecule has 3 N–H and O–H groups in total. The highest BCUT2D eigenvalue weighted by molar-refractivity contribution is 5.93. The molecule has 0 aliphatic carbocycles. The lowest BCUT2D eigenvalue weighted by Crippen LogP contribution is -2.25. The van der Waals surface area contributed by atoms with Crippen LogP contribution in [-0.4, -0.2) is 30.8 Å². The molecular formula is C18H18N2O6. The second kappa shape index (κ2) is 7.61. The minimum atomic E-state index is -1.16. The van der Waals surface area contributed by atoms with Gasteiger partial charge in [0.2, 0.25) is 5.88 Å². The molecule has 1 aromatic carbocycles. The highest BCUT2D eigenvalue weighted by Gasteiger charge is 2.36. The van der Waals surface area contributed by atoms with Crippen molar-refractivity contribution in [1.82, 2.24) is 0 Å². The fourth-order valence-electron chi connectivity index (χ4n) is 2.75. The number of carbonyl (C=O) groups is 2. The number of carbonyl (C=O) groups excluding carboxylic acids is 1. The Hall–Kier alpha value is -3.47. The van der Waals surface area contributed by atoms with Crippen LogP contribution in [0, 0.1) is 11.3 Å². The fraction of sp³-hybridized carbons (Fsp3) is 0.278. The number of hydrogen-bond acceptors (Lipinski definition) is 7. The predicted molar refractivity (Wildman–Crippen MR) is 89.9 cm³/mol. The van der Waals surface area contributed by atoms with Crippen LogP contribution in [0.1, 0.15) is 35.7 Å². The molecule has 0 saturated heterocycles. The van der Waals surface area contributed by atoms with E-state index in [1.807, 2.05) is 6.07 Å². The topological polar surface area (TPSA) is 132 Å². The third-order valence-electron chi connectivity index (χ3n) is 3.89. The summed E-state index contributed by atoms with van der Waals surface area (Å²) < 4.78 is 15.5. The molecule has 1 heterocycles. The number of ether oxygens (including phenoxy) is 3. The van der Waals surface area contributed by atoms with Crippen LogP contribution in [0.4, 0.5) is 0 Å². The molecule has 136 valence electrons. The summed E-state index contributed by atoms with van der Waals surface area (Å²) in [6.07, 6.45) is 0. The number of methoxy groups -OCH3 is 1. The number of hydrogen-bond donors (Lipinski definition) is 2. The van der Waals surface area contributed by atoms with E-state index in [4.69, 9.17) is 19.9 Å². The van der Waals surface area contributed by atoms with Crippen LogP contribution in [0.25, 0.3) is 0 Å². The van der Waals surface area contributed by atoms with E-state index in [1.165, 1.54) is 25.3 Å². The van der Waals surface area contributed by atoms with Gasteiger partial charge in [0.05, 0.1) is 25.2 Å². The van der Waals surface area contributed by atoms with Crippen molar-refractivity contribution in [3.63, 3.8) is 0 Å². The Labute approximate surface area is 150 Å². The Morgan fingerprint density at radius 2 is 2.12 bits per heavy atom. The predicted octanol–water partition coefficient (Wildman–Crippen LogP) is 2.04. The first-order valence-corrected chi connectivity index (χ1v) is 7.72. The Balaban J connectivity index is 2.67. The monoisotopic (exact) mass is 358 g/mol. The molecule has 8 heteroatoms. The minimum absolute atomic E-state index is 0.0313. The largest absolute Gasteiger partial charge is 0.496 e. The zero-order chi connectivity index (χ0) is 19.4. The van der Waals surface area contributed by atoms with E-state index in [0.29, 0.717) is 5.56 Å². The number of nitriles is 1. The summed E-state index contributed by atoms with van der Waals surface area (Å²) in [6.45, 7) is 3.35. The fourth-order valence-corrected chi connectivity index (χ4v) is 2.75. The number of benzene rings is 1. The molecule has 1 aliphatic heterocycles. The van der Waals surface area contributed by atoms with E-state index >= 15 is 0 Å². The zero-order valence-corrected chi connectivity index (χ0v) is 14.5. The molecule has 0 radical (unpaired) electrons. The highest BCUT2D eigenvalue weighted by atomic mass is 16.5. The normalized spacial score (nSPS) is 16.6. The summed E-state index contributed by atoms with van der Waals surface area (Å²) in [7, 11) is 1.33. The van der Waals surface area contributed by atoms with Crippen LogP contribution in [0.3, 0.4) is 0 Å². The summed E-state index contributed by atoms with van der Waals surface area (Å²) in [5.74, 6) is -2.47. The van der Waals surface area contributed by atoms with Gasteiger partial charge in [0.1, 0.15) is 28.7 Å². The Kier molecular flexibility index (Phi) is 5.52. The molecule has 1 aliphatic rings. The van der Waals surface area contributed by atoms with Crippen molar-refractivity contribution in [3.05, 3.63) is 52.1 Å². The summed E-state index contributed by atoms with van der Waals surface area (Å²) in [4.78, 5) is 23.7. The average Bonchev–Trinajstić information content (AvgIpc) is 2.60. The smallest absolute Gasteiger partial charge is 0.339 e. The number of rotatable bonds is 5. The summed E-state index contributed by atoms with van der Waals surface area (Å²) in [5, 5.41) is 18.7. The van der Waals surface area contributed by atoms with Crippen molar-refractivity contribution in [1.29, 1.82) is 5.26 Å². The number of esters is 1. The van der Waals surface area contributed by atoms with Gasteiger partial charge in [0, 0.05) is 0 Å². The summed E-state index contributed by atoms with van der Waals surface area (Å²) >= 11 is 0. The molecule has 8 nitrogen and oxygen atoms in total. The number of allylic oxidation sites excluding steroid dienone is 2. The molecule has 0 fully saturated rings. The lowest BCUT2D eigenvalue weighted by molar-refractivity contribution is -0.139. The standard InChI is InChI=1S/C18H18N2O6/c1-4-25-18(23)14-9(2)26-16(20)12(8-19)15(14)10-5-6-11(17(21)22)13(7-10)24-3/h5-7,15H,4,20H2,1-3H3,(H,21,22). The van der Waals surface area contributed by atoms with E-state index in [2.05, 4.69) is 0 Å². The van der Waals surface area contributed by atoms with Gasteiger partial charge < -0.3 is 25.1 Å². The molecule has 0 saturated carbocycles. The molecule has 0 amide bonds. The molecule has 26 heavy (non-hydrogen) atoms. The molecule has 0 bridgehead atoms. The minimum Gasteiger partial charge on any atom is -0.496 e. The second-order valence-electron chi connectivity index (χ2n) is 5.38. The lowest BCUT2D eigenvalue weighted by atomic mass is 9.82. The van der Waals surface area contributed by atoms with Gasteiger partial charge in [-0.2, -0.15) is 5.26 Å². The molecule has 0 spiro atoms. The number of nitrogens with zero attached hydrogens (tertiary/aromatic N) is 1. The van der Waals surface area contributed by atoms with Crippen LogP contribution in [0.5, 0.6) is 5.75 Å². The molecule has 1 unspecified atom stereocenters. The number of carboxylic acid groups (broad SMARTS) is 1. The Morgan fingerprint density at radius 1 is 1.42 bits per heavy atom. The van der Waals surface area contributed by atoms with Gasteiger partial charge >= 0.3 is 11.9 Å². The SMILES string of the molecule is CCOC(=O)C1=C(C)OC(N)=C(C#N)C1c1ccc(C(=O)O)c(OC)c1. The van der Waals surface area contributed by atoms with E-state index < -0.39 is 17.9 Å². The van der Waals surface area contributed by atoms with Gasteiger partial charge in [-0.1, -0.05) is 6.07 Å². The molecule has 0 aromatic heterocycles. The lowest BCUT2D eigenvalue weighted by Gasteiger charge is -2.27. The average molecular weight is 358 g/mol. The molecule has 2 rings (SSSR count). The van der Waals surface area contributed by atoms with Crippen molar-refractivity contribution in [2.75, 3.05) is 13.7 Å². The number of nitrogens with two attached hydrogens (primary N) is 1. The Morgan fingerprint density at radius 3 is 2.65 bits per heavy atom. The maximum atomic E-state index is 12.4. The maximum absolute atomic E-state index is 12.4. The van der Waals surface area contributed by atoms with Crippen LogP contribution in [0.2, 0.25) is 0 Å². The van der Waals surface area contributed by atoms with Crippen molar-refractivity contribution in [2.24, 2.45) is 5.73 Å². The first-order chi connectivity index (χ1) is 12.3. The van der Waals surface area contributed by atoms with Gasteiger partial charge in [0.15, 0.2) is 0 Å². The first-order valence-electron chi connectivity index (χ1n) is 7.72. The van der Waals surface area contributed by atoms with Gasteiger partial charge in [-0.25, -0.2) is 9.59 Å². The summed E-state index contributed by atoms with van der Waals surface area (Å²) in [6, 6.07) is 6.25. The van der Waals surface area contributed by atoms with Crippen molar-refractivity contribution in [3.8, 4) is 11.8 Å². The molecule has 1 atom stereocenters. The van der Waals surface area contributed by atoms with Crippen LogP contribution >= 0.6 is 0 Å². The number of carboxylic acids is 1. The van der Waals surface area contributed by atoms with Crippen molar-refractivity contribution in [2.45, 2.75) is 19.8 Å². The highest BCUT2D eigenvalue weighted by Crippen LogP contribution is 2.40.